The zero-order valence-corrected chi connectivity index (χ0v) is 17.2. The van der Waals surface area contributed by atoms with Gasteiger partial charge in [0.25, 0.3) is 0 Å². The first-order chi connectivity index (χ1) is 13.4. The molecule has 1 aliphatic heterocycles. The summed E-state index contributed by atoms with van der Waals surface area (Å²) in [5.41, 5.74) is 3.23. The summed E-state index contributed by atoms with van der Waals surface area (Å²) in [5.74, 6) is -0.00871. The van der Waals surface area contributed by atoms with Gasteiger partial charge in [-0.15, -0.1) is 0 Å². The Bertz CT molecular complexity index is 884. The van der Waals surface area contributed by atoms with Crippen LogP contribution >= 0.6 is 0 Å². The Morgan fingerprint density at radius 1 is 0.929 bits per heavy atom. The number of benzene rings is 2. The molecule has 0 saturated carbocycles. The molecule has 2 aromatic rings. The molecule has 1 N–H and O–H groups in total. The van der Waals surface area contributed by atoms with Crippen molar-refractivity contribution in [3.63, 3.8) is 0 Å². The highest BCUT2D eigenvalue weighted by Crippen LogP contribution is 2.21. The number of hydrogen-bond donors (Lipinski definition) is 1. The lowest BCUT2D eigenvalue weighted by atomic mass is 10.1. The van der Waals surface area contributed by atoms with Crippen molar-refractivity contribution in [3.05, 3.63) is 65.2 Å². The zero-order valence-electron chi connectivity index (χ0n) is 16.4. The summed E-state index contributed by atoms with van der Waals surface area (Å²) in [4.78, 5) is 12.4. The van der Waals surface area contributed by atoms with E-state index in [1.54, 1.807) is 16.4 Å². The lowest BCUT2D eigenvalue weighted by molar-refractivity contribution is -0.121. The predicted octanol–water partition coefficient (Wildman–Crippen LogP) is 3.42. The number of piperidine rings is 1. The van der Waals surface area contributed by atoms with E-state index in [1.807, 2.05) is 43.3 Å². The Kier molecular flexibility index (Phi) is 6.86. The van der Waals surface area contributed by atoms with E-state index in [0.29, 0.717) is 37.4 Å². The average molecular weight is 401 g/mol. The highest BCUT2D eigenvalue weighted by Gasteiger charge is 2.25. The minimum absolute atomic E-state index is 0.00871. The second-order valence-corrected chi connectivity index (χ2v) is 9.31. The Labute approximate surface area is 167 Å². The number of carbonyl (C=O) groups excluding carboxylic acids is 1. The van der Waals surface area contributed by atoms with Gasteiger partial charge in [-0.25, -0.2) is 8.42 Å². The van der Waals surface area contributed by atoms with E-state index in [2.05, 4.69) is 5.32 Å². The van der Waals surface area contributed by atoms with Crippen LogP contribution in [-0.4, -0.2) is 31.7 Å². The molecule has 3 rings (SSSR count). The SMILES string of the molecule is Cc1ccc(CNC(=O)CCc2ccc(S(=O)(=O)N3CCCCC3)cc2)cc1. The normalized spacial score (nSPS) is 15.3. The lowest BCUT2D eigenvalue weighted by Crippen LogP contribution is -2.35. The number of rotatable bonds is 7. The van der Waals surface area contributed by atoms with Gasteiger partial charge in [-0.3, -0.25) is 4.79 Å². The standard InChI is InChI=1S/C22H28N2O3S/c1-18-5-7-20(8-6-18)17-23-22(25)14-11-19-9-12-21(13-10-19)28(26,27)24-15-3-2-4-16-24/h5-10,12-13H,2-4,11,14-17H2,1H3,(H,23,25). The molecule has 1 aliphatic rings. The number of carbonyl (C=O) groups is 1. The molecule has 0 atom stereocenters. The van der Waals surface area contributed by atoms with Gasteiger partial charge in [0.1, 0.15) is 0 Å². The molecule has 5 nitrogen and oxygen atoms in total. The summed E-state index contributed by atoms with van der Waals surface area (Å²) in [6, 6.07) is 15.0. The van der Waals surface area contributed by atoms with Gasteiger partial charge in [0.2, 0.25) is 15.9 Å². The summed E-state index contributed by atoms with van der Waals surface area (Å²) in [5, 5.41) is 2.93. The first-order valence-electron chi connectivity index (χ1n) is 9.86. The Hall–Kier alpha value is -2.18. The molecule has 0 aromatic heterocycles. The number of aryl methyl sites for hydroxylation is 2. The highest BCUT2D eigenvalue weighted by molar-refractivity contribution is 7.89. The van der Waals surface area contributed by atoms with Crippen molar-refractivity contribution >= 4 is 15.9 Å². The topological polar surface area (TPSA) is 66.5 Å². The fourth-order valence-electron chi connectivity index (χ4n) is 3.34. The van der Waals surface area contributed by atoms with Crippen LogP contribution < -0.4 is 5.32 Å². The molecular formula is C22H28N2O3S. The molecular weight excluding hydrogens is 372 g/mol. The van der Waals surface area contributed by atoms with Gasteiger partial charge in [0.15, 0.2) is 0 Å². The molecule has 0 aliphatic carbocycles. The van der Waals surface area contributed by atoms with Gasteiger partial charge in [0.05, 0.1) is 4.90 Å². The van der Waals surface area contributed by atoms with Gasteiger partial charge in [-0.1, -0.05) is 48.4 Å². The van der Waals surface area contributed by atoms with Gasteiger partial charge < -0.3 is 5.32 Å². The molecule has 1 amide bonds. The smallest absolute Gasteiger partial charge is 0.243 e. The molecule has 0 radical (unpaired) electrons. The summed E-state index contributed by atoms with van der Waals surface area (Å²) in [7, 11) is -3.40. The van der Waals surface area contributed by atoms with Crippen LogP contribution in [0.3, 0.4) is 0 Å². The average Bonchev–Trinajstić information content (AvgIpc) is 2.73. The van der Waals surface area contributed by atoms with E-state index in [4.69, 9.17) is 0 Å². The number of nitrogens with zero attached hydrogens (tertiary/aromatic N) is 1. The third kappa shape index (κ3) is 5.42. The van der Waals surface area contributed by atoms with Crippen LogP contribution in [0.1, 0.15) is 42.4 Å². The fourth-order valence-corrected chi connectivity index (χ4v) is 4.85. The van der Waals surface area contributed by atoms with E-state index in [-0.39, 0.29) is 5.91 Å². The number of nitrogens with one attached hydrogen (secondary N) is 1. The first kappa shape index (κ1) is 20.6. The van der Waals surface area contributed by atoms with Crippen molar-refractivity contribution in [3.8, 4) is 0 Å². The van der Waals surface area contributed by atoms with E-state index in [1.165, 1.54) is 5.56 Å². The lowest BCUT2D eigenvalue weighted by Gasteiger charge is -2.25. The van der Waals surface area contributed by atoms with Gasteiger partial charge in [-0.2, -0.15) is 4.31 Å². The molecule has 1 saturated heterocycles. The maximum atomic E-state index is 12.7. The minimum atomic E-state index is -3.40. The second kappa shape index (κ2) is 9.34. The molecule has 6 heteroatoms. The third-order valence-corrected chi connectivity index (χ3v) is 7.04. The molecule has 1 heterocycles. The van der Waals surface area contributed by atoms with Crippen LogP contribution in [0.15, 0.2) is 53.4 Å². The number of amides is 1. The van der Waals surface area contributed by atoms with Crippen LogP contribution in [0.4, 0.5) is 0 Å². The molecule has 2 aromatic carbocycles. The van der Waals surface area contributed by atoms with Gasteiger partial charge >= 0.3 is 0 Å². The van der Waals surface area contributed by atoms with Crippen molar-refractivity contribution in [1.29, 1.82) is 0 Å². The summed E-state index contributed by atoms with van der Waals surface area (Å²) >= 11 is 0. The molecule has 28 heavy (non-hydrogen) atoms. The maximum Gasteiger partial charge on any atom is 0.243 e. The van der Waals surface area contributed by atoms with Crippen LogP contribution in [0.2, 0.25) is 0 Å². The Balaban J connectivity index is 1.49. The van der Waals surface area contributed by atoms with E-state index in [0.717, 1.165) is 30.4 Å². The predicted molar refractivity (Wildman–Crippen MR) is 110 cm³/mol. The van der Waals surface area contributed by atoms with Crippen molar-refractivity contribution in [1.82, 2.24) is 9.62 Å². The number of sulfonamides is 1. The second-order valence-electron chi connectivity index (χ2n) is 7.37. The molecule has 0 unspecified atom stereocenters. The quantitative estimate of drug-likeness (QED) is 0.774. The molecule has 0 bridgehead atoms. The van der Waals surface area contributed by atoms with Crippen LogP contribution in [0, 0.1) is 6.92 Å². The van der Waals surface area contributed by atoms with E-state index < -0.39 is 10.0 Å². The Morgan fingerprint density at radius 3 is 2.18 bits per heavy atom. The zero-order chi connectivity index (χ0) is 20.0. The fraction of sp³-hybridized carbons (Fsp3) is 0.409. The maximum absolute atomic E-state index is 12.7. The molecule has 1 fully saturated rings. The monoisotopic (exact) mass is 400 g/mol. The first-order valence-corrected chi connectivity index (χ1v) is 11.3. The van der Waals surface area contributed by atoms with Crippen molar-refractivity contribution in [2.75, 3.05) is 13.1 Å². The van der Waals surface area contributed by atoms with Gasteiger partial charge in [0, 0.05) is 26.1 Å². The third-order valence-electron chi connectivity index (χ3n) is 5.13. The van der Waals surface area contributed by atoms with Crippen LogP contribution in [0.25, 0.3) is 0 Å². The van der Waals surface area contributed by atoms with Crippen molar-refractivity contribution < 1.29 is 13.2 Å². The molecule has 0 spiro atoms. The van der Waals surface area contributed by atoms with Crippen molar-refractivity contribution in [2.45, 2.75) is 50.5 Å². The van der Waals surface area contributed by atoms with E-state index in [9.17, 15) is 13.2 Å². The van der Waals surface area contributed by atoms with E-state index >= 15 is 0 Å². The highest BCUT2D eigenvalue weighted by atomic mass is 32.2. The minimum Gasteiger partial charge on any atom is -0.352 e. The molecule has 150 valence electrons. The van der Waals surface area contributed by atoms with Crippen LogP contribution in [-0.2, 0) is 27.8 Å². The largest absolute Gasteiger partial charge is 0.352 e. The summed E-state index contributed by atoms with van der Waals surface area (Å²) < 4.78 is 26.9. The summed E-state index contributed by atoms with van der Waals surface area (Å²) in [6.07, 6.45) is 3.91. The Morgan fingerprint density at radius 2 is 1.54 bits per heavy atom. The van der Waals surface area contributed by atoms with Crippen LogP contribution in [0.5, 0.6) is 0 Å². The summed E-state index contributed by atoms with van der Waals surface area (Å²) in [6.45, 7) is 3.76. The van der Waals surface area contributed by atoms with Gasteiger partial charge in [-0.05, 0) is 49.4 Å². The van der Waals surface area contributed by atoms with Crippen molar-refractivity contribution in [2.24, 2.45) is 0 Å². The number of hydrogen-bond acceptors (Lipinski definition) is 3.